The molecule has 0 saturated carbocycles. The molecule has 0 N–H and O–H groups in total. The largest absolute Gasteiger partial charge is 0.378 e. The van der Waals surface area contributed by atoms with E-state index in [0.29, 0.717) is 36.9 Å². The normalized spacial score (nSPS) is 15.6. The first-order valence-corrected chi connectivity index (χ1v) is 6.97. The maximum atomic E-state index is 12.7. The third kappa shape index (κ3) is 2.49. The van der Waals surface area contributed by atoms with Crippen molar-refractivity contribution in [1.82, 2.24) is 9.88 Å². The zero-order valence-corrected chi connectivity index (χ0v) is 12.0. The summed E-state index contributed by atoms with van der Waals surface area (Å²) in [6.45, 7) is 4.33. The van der Waals surface area contributed by atoms with Crippen molar-refractivity contribution < 1.29 is 9.53 Å². The van der Waals surface area contributed by atoms with Crippen LogP contribution >= 0.6 is 11.6 Å². The van der Waals surface area contributed by atoms with Crippen molar-refractivity contribution in [2.45, 2.75) is 6.92 Å². The van der Waals surface area contributed by atoms with E-state index < -0.39 is 0 Å². The number of halogens is 1. The van der Waals surface area contributed by atoms with Gasteiger partial charge in [0.15, 0.2) is 0 Å². The molecule has 1 aromatic heterocycles. The van der Waals surface area contributed by atoms with E-state index in [0.717, 1.165) is 16.6 Å². The Kier molecular flexibility index (Phi) is 3.59. The van der Waals surface area contributed by atoms with Crippen LogP contribution in [-0.4, -0.2) is 42.1 Å². The second kappa shape index (κ2) is 5.38. The van der Waals surface area contributed by atoms with Gasteiger partial charge in [-0.1, -0.05) is 11.6 Å². The second-order valence-electron chi connectivity index (χ2n) is 4.88. The molecule has 4 nitrogen and oxygen atoms in total. The van der Waals surface area contributed by atoms with Gasteiger partial charge in [0, 0.05) is 29.2 Å². The predicted molar refractivity (Wildman–Crippen MR) is 78.2 cm³/mol. The van der Waals surface area contributed by atoms with Gasteiger partial charge in [0.25, 0.3) is 5.91 Å². The number of pyridine rings is 1. The lowest BCUT2D eigenvalue weighted by Gasteiger charge is -2.27. The van der Waals surface area contributed by atoms with Crippen LogP contribution in [0, 0.1) is 6.92 Å². The number of carbonyl (C=O) groups excluding carboxylic acids is 1. The summed E-state index contributed by atoms with van der Waals surface area (Å²) >= 11 is 6.05. The number of rotatable bonds is 1. The molecule has 2 aromatic rings. The van der Waals surface area contributed by atoms with Crippen LogP contribution in [-0.2, 0) is 4.74 Å². The van der Waals surface area contributed by atoms with Gasteiger partial charge in [0.1, 0.15) is 0 Å². The van der Waals surface area contributed by atoms with Gasteiger partial charge in [-0.15, -0.1) is 0 Å². The van der Waals surface area contributed by atoms with E-state index in [1.54, 1.807) is 12.1 Å². The first kappa shape index (κ1) is 13.3. The number of fused-ring (bicyclic) bond motifs is 1. The fraction of sp³-hybridized carbons (Fsp3) is 0.333. The van der Waals surface area contributed by atoms with Gasteiger partial charge in [-0.25, -0.2) is 0 Å². The number of aromatic nitrogens is 1. The number of nitrogens with zero attached hydrogens (tertiary/aromatic N) is 2. The molecule has 104 valence electrons. The first-order valence-electron chi connectivity index (χ1n) is 6.59. The third-order valence-electron chi connectivity index (χ3n) is 3.43. The van der Waals surface area contributed by atoms with Crippen molar-refractivity contribution in [3.8, 4) is 0 Å². The van der Waals surface area contributed by atoms with Crippen molar-refractivity contribution >= 4 is 28.4 Å². The summed E-state index contributed by atoms with van der Waals surface area (Å²) < 4.78 is 5.29. The van der Waals surface area contributed by atoms with Gasteiger partial charge < -0.3 is 9.64 Å². The average molecular weight is 291 g/mol. The summed E-state index contributed by atoms with van der Waals surface area (Å²) in [5.41, 5.74) is 2.29. The van der Waals surface area contributed by atoms with E-state index in [4.69, 9.17) is 16.3 Å². The smallest absolute Gasteiger partial charge is 0.254 e. The van der Waals surface area contributed by atoms with Gasteiger partial charge in [-0.2, -0.15) is 0 Å². The molecule has 0 bridgehead atoms. The van der Waals surface area contributed by atoms with Crippen LogP contribution in [0.3, 0.4) is 0 Å². The number of hydrogen-bond acceptors (Lipinski definition) is 3. The van der Waals surface area contributed by atoms with Crippen molar-refractivity contribution in [2.24, 2.45) is 0 Å². The topological polar surface area (TPSA) is 42.4 Å². The van der Waals surface area contributed by atoms with Gasteiger partial charge >= 0.3 is 0 Å². The Balaban J connectivity index is 2.09. The van der Waals surface area contributed by atoms with Crippen LogP contribution in [0.4, 0.5) is 0 Å². The molecule has 0 aliphatic carbocycles. The van der Waals surface area contributed by atoms with Gasteiger partial charge in [0.05, 0.1) is 24.3 Å². The number of benzene rings is 1. The highest BCUT2D eigenvalue weighted by molar-refractivity contribution is 6.31. The molecule has 0 unspecified atom stereocenters. The van der Waals surface area contributed by atoms with Crippen LogP contribution < -0.4 is 0 Å². The summed E-state index contributed by atoms with van der Waals surface area (Å²) in [5, 5.41) is 1.42. The number of carbonyl (C=O) groups is 1. The standard InChI is InChI=1S/C15H15ClN2O2/c1-10-8-13(15(19)18-4-6-20-7-5-18)12-9-11(16)2-3-14(12)17-10/h2-3,8-9H,4-7H2,1H3. The maximum absolute atomic E-state index is 12.7. The van der Waals surface area contributed by atoms with E-state index in [9.17, 15) is 4.79 Å². The lowest BCUT2D eigenvalue weighted by Crippen LogP contribution is -2.40. The molecular weight excluding hydrogens is 276 g/mol. The molecule has 0 spiro atoms. The first-order chi connectivity index (χ1) is 9.65. The van der Waals surface area contributed by atoms with Gasteiger partial charge in [-0.05, 0) is 31.2 Å². The van der Waals surface area contributed by atoms with Crippen LogP contribution in [0.5, 0.6) is 0 Å². The van der Waals surface area contributed by atoms with Crippen molar-refractivity contribution in [3.63, 3.8) is 0 Å². The molecule has 1 aliphatic rings. The lowest BCUT2D eigenvalue weighted by molar-refractivity contribution is 0.0304. The number of amides is 1. The minimum absolute atomic E-state index is 0.0195. The molecule has 1 aromatic carbocycles. The Labute approximate surface area is 122 Å². The lowest BCUT2D eigenvalue weighted by atomic mass is 10.1. The second-order valence-corrected chi connectivity index (χ2v) is 5.31. The SMILES string of the molecule is Cc1cc(C(=O)N2CCOCC2)c2cc(Cl)ccc2n1. The zero-order valence-electron chi connectivity index (χ0n) is 11.2. The van der Waals surface area contributed by atoms with E-state index in [1.807, 2.05) is 24.0 Å². The summed E-state index contributed by atoms with van der Waals surface area (Å²) in [4.78, 5) is 18.9. The molecule has 1 aliphatic heterocycles. The number of aryl methyl sites for hydroxylation is 1. The zero-order chi connectivity index (χ0) is 14.1. The molecule has 5 heteroatoms. The highest BCUT2D eigenvalue weighted by Gasteiger charge is 2.21. The Morgan fingerprint density at radius 3 is 2.80 bits per heavy atom. The molecule has 1 saturated heterocycles. The fourth-order valence-corrected chi connectivity index (χ4v) is 2.62. The molecular formula is C15H15ClN2O2. The quantitative estimate of drug-likeness (QED) is 0.811. The Morgan fingerprint density at radius 1 is 1.30 bits per heavy atom. The number of morpholine rings is 1. The molecule has 3 rings (SSSR count). The number of hydrogen-bond donors (Lipinski definition) is 0. The fourth-order valence-electron chi connectivity index (χ4n) is 2.44. The van der Waals surface area contributed by atoms with Crippen molar-refractivity contribution in [3.05, 3.63) is 40.5 Å². The average Bonchev–Trinajstić information content (AvgIpc) is 2.47. The Morgan fingerprint density at radius 2 is 2.05 bits per heavy atom. The molecule has 1 fully saturated rings. The van der Waals surface area contributed by atoms with Crippen LogP contribution in [0.1, 0.15) is 16.1 Å². The van der Waals surface area contributed by atoms with Gasteiger partial charge in [-0.3, -0.25) is 9.78 Å². The Hall–Kier alpha value is -1.65. The minimum Gasteiger partial charge on any atom is -0.378 e. The molecule has 2 heterocycles. The van der Waals surface area contributed by atoms with E-state index >= 15 is 0 Å². The maximum Gasteiger partial charge on any atom is 0.254 e. The van der Waals surface area contributed by atoms with Crippen LogP contribution in [0.2, 0.25) is 5.02 Å². The van der Waals surface area contributed by atoms with Crippen molar-refractivity contribution in [1.29, 1.82) is 0 Å². The van der Waals surface area contributed by atoms with Gasteiger partial charge in [0.2, 0.25) is 0 Å². The number of ether oxygens (including phenoxy) is 1. The van der Waals surface area contributed by atoms with Crippen LogP contribution in [0.15, 0.2) is 24.3 Å². The van der Waals surface area contributed by atoms with Crippen molar-refractivity contribution in [2.75, 3.05) is 26.3 Å². The Bertz CT molecular complexity index is 666. The highest BCUT2D eigenvalue weighted by Crippen LogP contribution is 2.24. The monoisotopic (exact) mass is 290 g/mol. The summed E-state index contributed by atoms with van der Waals surface area (Å²) in [5.74, 6) is 0.0195. The predicted octanol–water partition coefficient (Wildman–Crippen LogP) is 2.67. The minimum atomic E-state index is 0.0195. The van der Waals surface area contributed by atoms with Crippen LogP contribution in [0.25, 0.3) is 10.9 Å². The van der Waals surface area contributed by atoms with E-state index in [-0.39, 0.29) is 5.91 Å². The summed E-state index contributed by atoms with van der Waals surface area (Å²) in [6.07, 6.45) is 0. The van der Waals surface area contributed by atoms with E-state index in [1.165, 1.54) is 0 Å². The molecule has 0 atom stereocenters. The summed E-state index contributed by atoms with van der Waals surface area (Å²) in [6, 6.07) is 7.27. The molecule has 20 heavy (non-hydrogen) atoms. The third-order valence-corrected chi connectivity index (χ3v) is 3.66. The highest BCUT2D eigenvalue weighted by atomic mass is 35.5. The molecule has 0 radical (unpaired) electrons. The molecule has 1 amide bonds. The summed E-state index contributed by atoms with van der Waals surface area (Å²) in [7, 11) is 0. The van der Waals surface area contributed by atoms with E-state index in [2.05, 4.69) is 4.98 Å².